The van der Waals surface area contributed by atoms with Gasteiger partial charge in [-0.15, -0.1) is 11.3 Å². The van der Waals surface area contributed by atoms with Gasteiger partial charge in [-0.05, 0) is 42.4 Å². The summed E-state index contributed by atoms with van der Waals surface area (Å²) in [5.41, 5.74) is 0. The number of sulfonamides is 1. The first kappa shape index (κ1) is 17.4. The van der Waals surface area contributed by atoms with Crippen molar-refractivity contribution in [2.24, 2.45) is 0 Å². The average Bonchev–Trinajstić information content (AvgIpc) is 2.69. The van der Waals surface area contributed by atoms with Gasteiger partial charge in [-0.25, -0.2) is 13.1 Å². The molecule has 1 unspecified atom stereocenters. The Kier molecular flexibility index (Phi) is 6.75. The monoisotopic (exact) mass is 388 g/mol. The van der Waals surface area contributed by atoms with E-state index in [2.05, 4.69) is 39.4 Å². The number of nitrogens with one attached hydrogen (secondary N) is 1. The molecular formula is C11H18BrClN2O2S2. The SMILES string of the molecule is CCC(C)N(C)CCNS(=O)(=O)c1cc(Cl)c(Br)s1. The molecule has 0 aliphatic rings. The summed E-state index contributed by atoms with van der Waals surface area (Å²) in [6, 6.07) is 1.90. The van der Waals surface area contributed by atoms with E-state index in [1.165, 1.54) is 6.07 Å². The number of rotatable bonds is 7. The van der Waals surface area contributed by atoms with Crippen LogP contribution in [0.2, 0.25) is 5.02 Å². The Balaban J connectivity index is 2.57. The minimum absolute atomic E-state index is 0.232. The lowest BCUT2D eigenvalue weighted by atomic mass is 10.2. The van der Waals surface area contributed by atoms with Crippen LogP contribution < -0.4 is 4.72 Å². The molecule has 0 aliphatic carbocycles. The topological polar surface area (TPSA) is 49.4 Å². The lowest BCUT2D eigenvalue weighted by molar-refractivity contribution is 0.256. The van der Waals surface area contributed by atoms with E-state index in [9.17, 15) is 8.42 Å². The highest BCUT2D eigenvalue weighted by Gasteiger charge is 2.19. The number of halogens is 2. The zero-order chi connectivity index (χ0) is 14.6. The van der Waals surface area contributed by atoms with E-state index >= 15 is 0 Å². The van der Waals surface area contributed by atoms with Crippen molar-refractivity contribution in [1.82, 2.24) is 9.62 Å². The number of hydrogen-bond donors (Lipinski definition) is 1. The summed E-state index contributed by atoms with van der Waals surface area (Å²) >= 11 is 10.2. The lowest BCUT2D eigenvalue weighted by Gasteiger charge is -2.23. The number of hydrogen-bond acceptors (Lipinski definition) is 4. The maximum atomic E-state index is 12.0. The Bertz CT molecular complexity index is 499. The highest BCUT2D eigenvalue weighted by molar-refractivity contribution is 9.11. The number of likely N-dealkylation sites (N-methyl/N-ethyl adjacent to an activating group) is 1. The average molecular weight is 390 g/mol. The maximum absolute atomic E-state index is 12.0. The summed E-state index contributed by atoms with van der Waals surface area (Å²) < 4.78 is 27.5. The van der Waals surface area contributed by atoms with E-state index in [4.69, 9.17) is 11.6 Å². The van der Waals surface area contributed by atoms with Crippen LogP contribution in [0.1, 0.15) is 20.3 Å². The summed E-state index contributed by atoms with van der Waals surface area (Å²) in [5.74, 6) is 0. The van der Waals surface area contributed by atoms with Gasteiger partial charge in [0.2, 0.25) is 10.0 Å². The minimum atomic E-state index is -3.46. The molecule has 0 amide bonds. The first-order valence-corrected chi connectivity index (χ1v) is 9.39. The van der Waals surface area contributed by atoms with Crippen LogP contribution >= 0.6 is 38.9 Å². The third-order valence-corrected chi connectivity index (χ3v) is 7.40. The molecule has 1 aromatic rings. The maximum Gasteiger partial charge on any atom is 0.250 e. The third-order valence-electron chi connectivity index (χ3n) is 2.99. The van der Waals surface area contributed by atoms with Crippen molar-refractivity contribution in [3.63, 3.8) is 0 Å². The van der Waals surface area contributed by atoms with E-state index in [0.717, 1.165) is 17.8 Å². The Morgan fingerprint density at radius 2 is 2.21 bits per heavy atom. The molecule has 1 rings (SSSR count). The largest absolute Gasteiger partial charge is 0.302 e. The molecule has 4 nitrogen and oxygen atoms in total. The fraction of sp³-hybridized carbons (Fsp3) is 0.636. The molecule has 0 saturated carbocycles. The second kappa shape index (κ2) is 7.38. The summed E-state index contributed by atoms with van der Waals surface area (Å²) in [5, 5.41) is 0.419. The Morgan fingerprint density at radius 3 is 2.68 bits per heavy atom. The summed E-state index contributed by atoms with van der Waals surface area (Å²) in [7, 11) is -1.48. The van der Waals surface area contributed by atoms with Crippen molar-refractivity contribution >= 4 is 48.9 Å². The smallest absolute Gasteiger partial charge is 0.250 e. The molecule has 0 fully saturated rings. The van der Waals surface area contributed by atoms with E-state index in [-0.39, 0.29) is 4.21 Å². The molecule has 0 aromatic carbocycles. The van der Waals surface area contributed by atoms with Gasteiger partial charge in [0, 0.05) is 19.1 Å². The van der Waals surface area contributed by atoms with Crippen LogP contribution in [0.25, 0.3) is 0 Å². The number of nitrogens with zero attached hydrogens (tertiary/aromatic N) is 1. The molecular weight excluding hydrogens is 372 g/mol. The predicted octanol–water partition coefficient (Wildman–Crippen LogP) is 3.17. The van der Waals surface area contributed by atoms with E-state index < -0.39 is 10.0 Å². The van der Waals surface area contributed by atoms with Crippen LogP contribution in [0.4, 0.5) is 0 Å². The first-order chi connectivity index (χ1) is 8.77. The van der Waals surface area contributed by atoms with Crippen molar-refractivity contribution in [2.75, 3.05) is 20.1 Å². The molecule has 8 heteroatoms. The fourth-order valence-corrected chi connectivity index (χ4v) is 4.88. The van der Waals surface area contributed by atoms with Crippen molar-refractivity contribution in [3.8, 4) is 0 Å². The lowest BCUT2D eigenvalue weighted by Crippen LogP contribution is -2.36. The van der Waals surface area contributed by atoms with Crippen molar-refractivity contribution in [1.29, 1.82) is 0 Å². The van der Waals surface area contributed by atoms with Gasteiger partial charge in [-0.1, -0.05) is 18.5 Å². The zero-order valence-electron chi connectivity index (χ0n) is 11.1. The van der Waals surface area contributed by atoms with Gasteiger partial charge in [0.1, 0.15) is 4.21 Å². The van der Waals surface area contributed by atoms with Gasteiger partial charge in [0.05, 0.1) is 8.81 Å². The zero-order valence-corrected chi connectivity index (χ0v) is 15.1. The molecule has 0 aliphatic heterocycles. The van der Waals surface area contributed by atoms with Gasteiger partial charge < -0.3 is 4.90 Å². The summed E-state index contributed by atoms with van der Waals surface area (Å²) in [6.07, 6.45) is 1.04. The third kappa shape index (κ3) is 4.99. The van der Waals surface area contributed by atoms with E-state index in [1.807, 2.05) is 7.05 Å². The van der Waals surface area contributed by atoms with Crippen molar-refractivity contribution in [2.45, 2.75) is 30.5 Å². The Labute approximate surface area is 132 Å². The van der Waals surface area contributed by atoms with E-state index in [1.54, 1.807) is 0 Å². The quantitative estimate of drug-likeness (QED) is 0.779. The fourth-order valence-electron chi connectivity index (χ4n) is 1.42. The van der Waals surface area contributed by atoms with Gasteiger partial charge in [0.15, 0.2) is 0 Å². The first-order valence-electron chi connectivity index (χ1n) is 5.92. The summed E-state index contributed by atoms with van der Waals surface area (Å²) in [6.45, 7) is 5.28. The standard InChI is InChI=1S/C11H18BrClN2O2S2/c1-4-8(2)15(3)6-5-14-19(16,17)10-7-9(13)11(12)18-10/h7-8,14H,4-6H2,1-3H3. The molecule has 1 N–H and O–H groups in total. The molecule has 1 aromatic heterocycles. The van der Waals surface area contributed by atoms with Crippen LogP contribution in [0.15, 0.2) is 14.1 Å². The van der Waals surface area contributed by atoms with E-state index in [0.29, 0.717) is 27.9 Å². The molecule has 0 bridgehead atoms. The van der Waals surface area contributed by atoms with Crippen LogP contribution in [0.5, 0.6) is 0 Å². The molecule has 1 atom stereocenters. The van der Waals surface area contributed by atoms with Crippen LogP contribution in [-0.2, 0) is 10.0 Å². The predicted molar refractivity (Wildman–Crippen MR) is 84.6 cm³/mol. The molecule has 1 heterocycles. The Morgan fingerprint density at radius 1 is 1.58 bits per heavy atom. The Hall–Kier alpha value is 0.340. The van der Waals surface area contributed by atoms with Gasteiger partial charge in [-0.3, -0.25) is 0 Å². The van der Waals surface area contributed by atoms with Crippen LogP contribution in [0, 0.1) is 0 Å². The number of thiophene rings is 1. The van der Waals surface area contributed by atoms with Gasteiger partial charge in [-0.2, -0.15) is 0 Å². The van der Waals surface area contributed by atoms with Gasteiger partial charge >= 0.3 is 0 Å². The second-order valence-corrected chi connectivity index (χ2v) is 9.09. The van der Waals surface area contributed by atoms with Crippen molar-refractivity contribution < 1.29 is 8.42 Å². The minimum Gasteiger partial charge on any atom is -0.302 e. The highest BCUT2D eigenvalue weighted by atomic mass is 79.9. The van der Waals surface area contributed by atoms with Crippen LogP contribution in [-0.4, -0.2) is 39.5 Å². The highest BCUT2D eigenvalue weighted by Crippen LogP contribution is 2.34. The van der Waals surface area contributed by atoms with Gasteiger partial charge in [0.25, 0.3) is 0 Å². The molecule has 19 heavy (non-hydrogen) atoms. The molecule has 0 spiro atoms. The molecule has 0 radical (unpaired) electrons. The molecule has 110 valence electrons. The second-order valence-electron chi connectivity index (χ2n) is 4.32. The van der Waals surface area contributed by atoms with Crippen molar-refractivity contribution in [3.05, 3.63) is 14.9 Å². The normalized spacial score (nSPS) is 14.0. The van der Waals surface area contributed by atoms with Crippen LogP contribution in [0.3, 0.4) is 0 Å². The summed E-state index contributed by atoms with van der Waals surface area (Å²) in [4.78, 5) is 2.12. The molecule has 0 saturated heterocycles.